The number of aryl methyl sites for hydroxylation is 1. The van der Waals surface area contributed by atoms with Gasteiger partial charge in [-0.15, -0.1) is 23.7 Å². The van der Waals surface area contributed by atoms with E-state index in [0.717, 1.165) is 30.8 Å². The molecule has 1 fully saturated rings. The minimum absolute atomic E-state index is 0. The highest BCUT2D eigenvalue weighted by atomic mass is 35.5. The zero-order chi connectivity index (χ0) is 16.8. The van der Waals surface area contributed by atoms with E-state index in [1.165, 1.54) is 21.6 Å². The number of guanidine groups is 1. The Balaban J connectivity index is 0.00000168. The highest BCUT2D eigenvalue weighted by Crippen LogP contribution is 2.43. The summed E-state index contributed by atoms with van der Waals surface area (Å²) >= 11 is 1.78. The number of amides is 1. The molecule has 3 aliphatic rings. The van der Waals surface area contributed by atoms with Crippen molar-refractivity contribution in [1.29, 1.82) is 0 Å². The summed E-state index contributed by atoms with van der Waals surface area (Å²) in [5.74, 6) is 0.750. The van der Waals surface area contributed by atoms with Crippen LogP contribution in [0.4, 0.5) is 5.00 Å². The Morgan fingerprint density at radius 3 is 2.92 bits per heavy atom. The third-order valence-corrected chi connectivity index (χ3v) is 6.30. The highest BCUT2D eigenvalue weighted by molar-refractivity contribution is 7.16. The minimum atomic E-state index is 0. The second-order valence-corrected chi connectivity index (χ2v) is 7.87. The van der Waals surface area contributed by atoms with Crippen molar-refractivity contribution in [3.05, 3.63) is 51.9 Å². The first-order valence-electron chi connectivity index (χ1n) is 8.68. The Bertz CT molecular complexity index is 865. The molecular formula is C19H20ClN3O2S. The van der Waals surface area contributed by atoms with Crippen LogP contribution in [-0.2, 0) is 35.5 Å². The fourth-order valence-electron chi connectivity index (χ4n) is 3.79. The van der Waals surface area contributed by atoms with Gasteiger partial charge in [-0.3, -0.25) is 10.1 Å². The molecule has 0 saturated carbocycles. The molecule has 1 saturated heterocycles. The number of hydrogen-bond acceptors (Lipinski definition) is 5. The number of aliphatic imine (C=N–C) groups is 1. The van der Waals surface area contributed by atoms with Crippen molar-refractivity contribution in [1.82, 2.24) is 10.2 Å². The minimum Gasteiger partial charge on any atom is -0.373 e. The summed E-state index contributed by atoms with van der Waals surface area (Å²) in [7, 11) is 0. The van der Waals surface area contributed by atoms with Crippen LogP contribution in [0.1, 0.15) is 28.0 Å². The standard InChI is InChI=1S/C19H19N3O2S.ClH/c23-17-10-22-9-15-14-8-13(24-11-12-4-2-1-3-5-12)6-7-16(14)25-18(15)21-19(22)20-17;/h1-5,13H,6-11H2,(H,20,21,23);1H. The number of fused-ring (bicyclic) bond motifs is 4. The van der Waals surface area contributed by atoms with E-state index in [-0.39, 0.29) is 24.4 Å². The lowest BCUT2D eigenvalue weighted by atomic mass is 9.92. The average Bonchev–Trinajstić information content (AvgIpc) is 3.16. The molecule has 1 aromatic heterocycles. The second-order valence-electron chi connectivity index (χ2n) is 6.79. The molecule has 2 aromatic rings. The number of thiophene rings is 1. The molecule has 5 rings (SSSR count). The normalized spacial score (nSPS) is 20.5. The van der Waals surface area contributed by atoms with E-state index >= 15 is 0 Å². The van der Waals surface area contributed by atoms with Gasteiger partial charge in [0.25, 0.3) is 0 Å². The molecule has 0 bridgehead atoms. The molecule has 7 heteroatoms. The Morgan fingerprint density at radius 1 is 1.23 bits per heavy atom. The fourth-order valence-corrected chi connectivity index (χ4v) is 5.02. The van der Waals surface area contributed by atoms with E-state index in [0.29, 0.717) is 19.1 Å². The maximum atomic E-state index is 11.6. The first-order valence-corrected chi connectivity index (χ1v) is 9.50. The van der Waals surface area contributed by atoms with E-state index < -0.39 is 0 Å². The Kier molecular flexibility index (Phi) is 4.73. The van der Waals surface area contributed by atoms with Crippen LogP contribution in [-0.4, -0.2) is 29.4 Å². The zero-order valence-electron chi connectivity index (χ0n) is 14.2. The molecule has 3 heterocycles. The van der Waals surface area contributed by atoms with Gasteiger partial charge in [-0.05, 0) is 24.0 Å². The van der Waals surface area contributed by atoms with Crippen molar-refractivity contribution in [2.45, 2.75) is 38.5 Å². The third-order valence-electron chi connectivity index (χ3n) is 5.07. The van der Waals surface area contributed by atoms with E-state index in [4.69, 9.17) is 4.74 Å². The van der Waals surface area contributed by atoms with Gasteiger partial charge in [0.2, 0.25) is 11.9 Å². The lowest BCUT2D eigenvalue weighted by molar-refractivity contribution is -0.118. The van der Waals surface area contributed by atoms with Crippen LogP contribution in [0.3, 0.4) is 0 Å². The molecule has 1 atom stereocenters. The quantitative estimate of drug-likeness (QED) is 0.877. The summed E-state index contributed by atoms with van der Waals surface area (Å²) in [6, 6.07) is 10.3. The van der Waals surface area contributed by atoms with Gasteiger partial charge >= 0.3 is 0 Å². The predicted octanol–water partition coefficient (Wildman–Crippen LogP) is 3.18. The number of ether oxygens (including phenoxy) is 1. The molecule has 1 aliphatic carbocycles. The Morgan fingerprint density at radius 2 is 2.08 bits per heavy atom. The molecule has 2 aliphatic heterocycles. The van der Waals surface area contributed by atoms with Gasteiger partial charge in [0.1, 0.15) is 11.5 Å². The van der Waals surface area contributed by atoms with E-state index in [2.05, 4.69) is 22.4 Å². The van der Waals surface area contributed by atoms with Crippen molar-refractivity contribution in [3.63, 3.8) is 0 Å². The summed E-state index contributed by atoms with van der Waals surface area (Å²) in [6.07, 6.45) is 3.34. The van der Waals surface area contributed by atoms with Crippen LogP contribution < -0.4 is 5.32 Å². The molecule has 1 amide bonds. The average molecular weight is 390 g/mol. The molecule has 1 N–H and O–H groups in total. The SMILES string of the molecule is Cl.O=C1CN2Cc3c(sc4c3CC(OCc3ccccc3)CC4)N=C2N1. The largest absolute Gasteiger partial charge is 0.373 e. The topological polar surface area (TPSA) is 53.9 Å². The molecule has 0 spiro atoms. The van der Waals surface area contributed by atoms with Crippen LogP contribution >= 0.6 is 23.7 Å². The summed E-state index contributed by atoms with van der Waals surface area (Å²) < 4.78 is 6.18. The van der Waals surface area contributed by atoms with Crippen molar-refractivity contribution in [3.8, 4) is 0 Å². The predicted molar refractivity (Wildman–Crippen MR) is 104 cm³/mol. The number of carbonyl (C=O) groups is 1. The maximum absolute atomic E-state index is 11.6. The van der Waals surface area contributed by atoms with Crippen LogP contribution in [0.2, 0.25) is 0 Å². The number of rotatable bonds is 3. The van der Waals surface area contributed by atoms with Crippen LogP contribution in [0.25, 0.3) is 0 Å². The van der Waals surface area contributed by atoms with Crippen LogP contribution in [0.5, 0.6) is 0 Å². The molecule has 1 unspecified atom stereocenters. The second kappa shape index (κ2) is 7.02. The summed E-state index contributed by atoms with van der Waals surface area (Å²) in [6.45, 7) is 1.86. The van der Waals surface area contributed by atoms with E-state index in [1.54, 1.807) is 11.3 Å². The van der Waals surface area contributed by atoms with Crippen molar-refractivity contribution < 1.29 is 9.53 Å². The van der Waals surface area contributed by atoms with Crippen molar-refractivity contribution >= 4 is 40.6 Å². The first-order chi connectivity index (χ1) is 12.3. The summed E-state index contributed by atoms with van der Waals surface area (Å²) in [5.41, 5.74) is 3.93. The van der Waals surface area contributed by atoms with Gasteiger partial charge < -0.3 is 9.64 Å². The number of nitrogens with one attached hydrogen (secondary N) is 1. The van der Waals surface area contributed by atoms with Gasteiger partial charge in [-0.2, -0.15) is 0 Å². The smallest absolute Gasteiger partial charge is 0.246 e. The molecule has 136 valence electrons. The monoisotopic (exact) mass is 389 g/mol. The highest BCUT2D eigenvalue weighted by Gasteiger charge is 2.34. The Hall–Kier alpha value is -1.89. The summed E-state index contributed by atoms with van der Waals surface area (Å²) in [4.78, 5) is 19.7. The number of benzene rings is 1. The molecule has 5 nitrogen and oxygen atoms in total. The van der Waals surface area contributed by atoms with Gasteiger partial charge in [-0.1, -0.05) is 30.3 Å². The number of carbonyl (C=O) groups excluding carboxylic acids is 1. The number of nitrogens with zero attached hydrogens (tertiary/aromatic N) is 2. The fraction of sp³-hybridized carbons (Fsp3) is 0.368. The third kappa shape index (κ3) is 3.13. The maximum Gasteiger partial charge on any atom is 0.246 e. The van der Waals surface area contributed by atoms with Crippen LogP contribution in [0, 0.1) is 0 Å². The van der Waals surface area contributed by atoms with Crippen LogP contribution in [0.15, 0.2) is 35.3 Å². The zero-order valence-corrected chi connectivity index (χ0v) is 15.9. The van der Waals surface area contributed by atoms with Gasteiger partial charge in [0.15, 0.2) is 0 Å². The number of halogens is 1. The summed E-state index contributed by atoms with van der Waals surface area (Å²) in [5, 5.41) is 3.91. The van der Waals surface area contributed by atoms with E-state index in [1.807, 2.05) is 23.1 Å². The molecule has 1 aromatic carbocycles. The lowest BCUT2D eigenvalue weighted by Crippen LogP contribution is -2.32. The van der Waals surface area contributed by atoms with Crippen molar-refractivity contribution in [2.75, 3.05) is 6.54 Å². The molecule has 0 radical (unpaired) electrons. The van der Waals surface area contributed by atoms with Crippen molar-refractivity contribution in [2.24, 2.45) is 4.99 Å². The number of hydrogen-bond donors (Lipinski definition) is 1. The first kappa shape index (κ1) is 17.5. The van der Waals surface area contributed by atoms with Gasteiger partial charge in [0.05, 0.1) is 12.7 Å². The van der Waals surface area contributed by atoms with E-state index in [9.17, 15) is 4.79 Å². The van der Waals surface area contributed by atoms with Gasteiger partial charge in [0, 0.05) is 23.4 Å². The molecular weight excluding hydrogens is 370 g/mol. The Labute approximate surface area is 162 Å². The molecule has 26 heavy (non-hydrogen) atoms. The van der Waals surface area contributed by atoms with Gasteiger partial charge in [-0.25, -0.2) is 4.99 Å². The lowest BCUT2D eigenvalue weighted by Gasteiger charge is -2.26.